The van der Waals surface area contributed by atoms with Crippen LogP contribution in [0.2, 0.25) is 0 Å². The lowest BCUT2D eigenvalue weighted by Gasteiger charge is -2.06. The van der Waals surface area contributed by atoms with Crippen LogP contribution in [0.3, 0.4) is 0 Å². The maximum Gasteiger partial charge on any atom is 0.276 e. The average Bonchev–Trinajstić information content (AvgIpc) is 3.38. The first-order chi connectivity index (χ1) is 15.4. The van der Waals surface area contributed by atoms with Crippen LogP contribution in [0, 0.1) is 0 Å². The van der Waals surface area contributed by atoms with Crippen LogP contribution in [-0.4, -0.2) is 30.4 Å². The molecule has 1 aliphatic rings. The molecular formula is C25H23N3O3S. The molecule has 0 bridgehead atoms. The Kier molecular flexibility index (Phi) is 5.06. The Balaban J connectivity index is 1.44. The molecule has 5 rings (SSSR count). The van der Waals surface area contributed by atoms with E-state index in [-0.39, 0.29) is 10.8 Å². The maximum atomic E-state index is 13.1. The molecule has 3 aromatic carbocycles. The van der Waals surface area contributed by atoms with Crippen molar-refractivity contribution in [2.45, 2.75) is 30.7 Å². The Bertz CT molecular complexity index is 1440. The molecule has 1 heterocycles. The van der Waals surface area contributed by atoms with Gasteiger partial charge in [-0.15, -0.1) is 0 Å². The number of sulfone groups is 1. The van der Waals surface area contributed by atoms with E-state index in [0.717, 1.165) is 41.4 Å². The Morgan fingerprint density at radius 2 is 1.75 bits per heavy atom. The average molecular weight is 446 g/mol. The molecule has 0 atom stereocenters. The molecule has 4 aromatic rings. The highest BCUT2D eigenvalue weighted by atomic mass is 32.2. The number of anilines is 1. The molecule has 1 N–H and O–H groups in total. The van der Waals surface area contributed by atoms with Crippen LogP contribution in [0.1, 0.15) is 33.6 Å². The SMILES string of the molecule is CS(=O)(=O)c1ccc(Cn2nc(C(=O)Nc3ccc4c(c3)CCC4)c3ccccc32)cc1. The normalized spacial score (nSPS) is 13.3. The van der Waals surface area contributed by atoms with Crippen LogP contribution in [0.4, 0.5) is 5.69 Å². The summed E-state index contributed by atoms with van der Waals surface area (Å²) in [7, 11) is -3.24. The van der Waals surface area contributed by atoms with Gasteiger partial charge in [0.1, 0.15) is 0 Å². The van der Waals surface area contributed by atoms with Gasteiger partial charge in [-0.1, -0.05) is 36.4 Å². The molecule has 1 aliphatic carbocycles. The third-order valence-electron chi connectivity index (χ3n) is 5.91. The number of amides is 1. The molecule has 1 amide bonds. The molecule has 6 nitrogen and oxygen atoms in total. The zero-order valence-corrected chi connectivity index (χ0v) is 18.5. The minimum absolute atomic E-state index is 0.245. The molecule has 0 radical (unpaired) electrons. The van der Waals surface area contributed by atoms with Gasteiger partial charge in [-0.3, -0.25) is 9.48 Å². The lowest BCUT2D eigenvalue weighted by molar-refractivity contribution is 0.102. The number of rotatable bonds is 5. The summed E-state index contributed by atoms with van der Waals surface area (Å²) in [5.74, 6) is -0.245. The van der Waals surface area contributed by atoms with Gasteiger partial charge in [0.2, 0.25) is 0 Å². The fourth-order valence-electron chi connectivity index (χ4n) is 4.27. The summed E-state index contributed by atoms with van der Waals surface area (Å²) >= 11 is 0. The van der Waals surface area contributed by atoms with Gasteiger partial charge in [0.05, 0.1) is 17.0 Å². The summed E-state index contributed by atoms with van der Waals surface area (Å²) in [5, 5.41) is 8.39. The maximum absolute atomic E-state index is 13.1. The first kappa shape index (κ1) is 20.5. The van der Waals surface area contributed by atoms with Gasteiger partial charge in [0, 0.05) is 17.3 Å². The highest BCUT2D eigenvalue weighted by Crippen LogP contribution is 2.26. The zero-order chi connectivity index (χ0) is 22.3. The summed E-state index contributed by atoms with van der Waals surface area (Å²) in [4.78, 5) is 13.4. The lowest BCUT2D eigenvalue weighted by Crippen LogP contribution is -2.14. The van der Waals surface area contributed by atoms with Gasteiger partial charge >= 0.3 is 0 Å². The molecular weight excluding hydrogens is 422 g/mol. The molecule has 0 unspecified atom stereocenters. The first-order valence-corrected chi connectivity index (χ1v) is 12.5. The van der Waals surface area contributed by atoms with Crippen molar-refractivity contribution in [1.82, 2.24) is 9.78 Å². The molecule has 32 heavy (non-hydrogen) atoms. The van der Waals surface area contributed by atoms with Crippen molar-refractivity contribution >= 4 is 32.3 Å². The van der Waals surface area contributed by atoms with Gasteiger partial charge < -0.3 is 5.32 Å². The molecule has 0 saturated carbocycles. The molecule has 162 valence electrons. The van der Waals surface area contributed by atoms with Crippen LogP contribution in [0.5, 0.6) is 0 Å². The predicted octanol–water partition coefficient (Wildman–Crippen LogP) is 4.23. The number of fused-ring (bicyclic) bond motifs is 2. The number of hydrogen-bond donors (Lipinski definition) is 1. The Morgan fingerprint density at radius 3 is 2.53 bits per heavy atom. The number of para-hydroxylation sites is 1. The van der Waals surface area contributed by atoms with Gasteiger partial charge in [-0.2, -0.15) is 5.10 Å². The van der Waals surface area contributed by atoms with Crippen molar-refractivity contribution in [3.05, 3.63) is 89.1 Å². The summed E-state index contributed by atoms with van der Waals surface area (Å²) in [5.41, 5.74) is 5.56. The van der Waals surface area contributed by atoms with E-state index in [1.807, 2.05) is 30.3 Å². The monoisotopic (exact) mass is 445 g/mol. The lowest BCUT2D eigenvalue weighted by atomic mass is 10.1. The molecule has 1 aromatic heterocycles. The van der Waals surface area contributed by atoms with Crippen LogP contribution >= 0.6 is 0 Å². The minimum atomic E-state index is -3.24. The molecule has 0 spiro atoms. The highest BCUT2D eigenvalue weighted by molar-refractivity contribution is 7.90. The van der Waals surface area contributed by atoms with Crippen LogP contribution in [0.25, 0.3) is 10.9 Å². The van der Waals surface area contributed by atoms with E-state index in [1.54, 1.807) is 28.9 Å². The zero-order valence-electron chi connectivity index (χ0n) is 17.7. The number of nitrogens with zero attached hydrogens (tertiary/aromatic N) is 2. The second-order valence-electron chi connectivity index (χ2n) is 8.23. The third-order valence-corrected chi connectivity index (χ3v) is 7.04. The van der Waals surface area contributed by atoms with E-state index >= 15 is 0 Å². The van der Waals surface area contributed by atoms with E-state index < -0.39 is 9.84 Å². The van der Waals surface area contributed by atoms with Crippen molar-refractivity contribution < 1.29 is 13.2 Å². The Hall–Kier alpha value is -3.45. The summed E-state index contributed by atoms with van der Waals surface area (Å²) in [6.45, 7) is 0.427. The third kappa shape index (κ3) is 3.91. The van der Waals surface area contributed by atoms with Crippen molar-refractivity contribution in [3.8, 4) is 0 Å². The number of benzene rings is 3. The van der Waals surface area contributed by atoms with Gasteiger partial charge in [0.25, 0.3) is 5.91 Å². The first-order valence-electron chi connectivity index (χ1n) is 10.6. The fourth-order valence-corrected chi connectivity index (χ4v) is 4.90. The van der Waals surface area contributed by atoms with Crippen LogP contribution in [-0.2, 0) is 29.2 Å². The van der Waals surface area contributed by atoms with E-state index in [4.69, 9.17) is 0 Å². The number of carbonyl (C=O) groups is 1. The topological polar surface area (TPSA) is 81.1 Å². The van der Waals surface area contributed by atoms with E-state index in [0.29, 0.717) is 12.2 Å². The van der Waals surface area contributed by atoms with Crippen molar-refractivity contribution in [1.29, 1.82) is 0 Å². The standard InChI is InChI=1S/C25H23N3O3S/c1-32(30,31)21-13-9-17(10-14-21)16-28-23-8-3-2-7-22(23)24(27-28)25(29)26-20-12-11-18-5-4-6-19(18)15-20/h2-3,7-15H,4-6,16H2,1H3,(H,26,29). The smallest absolute Gasteiger partial charge is 0.276 e. The number of nitrogens with one attached hydrogen (secondary N) is 1. The van der Waals surface area contributed by atoms with E-state index in [1.165, 1.54) is 17.4 Å². The predicted molar refractivity (Wildman–Crippen MR) is 125 cm³/mol. The Labute approximate surface area is 186 Å². The van der Waals surface area contributed by atoms with Crippen LogP contribution < -0.4 is 5.32 Å². The molecule has 0 aliphatic heterocycles. The molecule has 0 saturated heterocycles. The van der Waals surface area contributed by atoms with Gasteiger partial charge in [0.15, 0.2) is 15.5 Å². The number of aryl methyl sites for hydroxylation is 2. The van der Waals surface area contributed by atoms with Crippen LogP contribution in [0.15, 0.2) is 71.6 Å². The van der Waals surface area contributed by atoms with Crippen molar-refractivity contribution in [2.24, 2.45) is 0 Å². The minimum Gasteiger partial charge on any atom is -0.321 e. The largest absolute Gasteiger partial charge is 0.321 e. The second-order valence-corrected chi connectivity index (χ2v) is 10.2. The summed E-state index contributed by atoms with van der Waals surface area (Å²) in [6, 6.07) is 20.5. The van der Waals surface area contributed by atoms with E-state index in [9.17, 15) is 13.2 Å². The van der Waals surface area contributed by atoms with E-state index in [2.05, 4.69) is 22.5 Å². The Morgan fingerprint density at radius 1 is 1.00 bits per heavy atom. The summed E-state index contributed by atoms with van der Waals surface area (Å²) in [6.07, 6.45) is 4.50. The number of aromatic nitrogens is 2. The fraction of sp³-hybridized carbons (Fsp3) is 0.200. The number of hydrogen-bond acceptors (Lipinski definition) is 4. The quantitative estimate of drug-likeness (QED) is 0.499. The van der Waals surface area contributed by atoms with Gasteiger partial charge in [-0.25, -0.2) is 8.42 Å². The molecule has 7 heteroatoms. The summed E-state index contributed by atoms with van der Waals surface area (Å²) < 4.78 is 25.2. The second kappa shape index (κ2) is 7.91. The highest BCUT2D eigenvalue weighted by Gasteiger charge is 2.19. The van der Waals surface area contributed by atoms with Gasteiger partial charge in [-0.05, 0) is 66.3 Å². The van der Waals surface area contributed by atoms with Crippen molar-refractivity contribution in [3.63, 3.8) is 0 Å². The molecule has 0 fully saturated rings. The number of carbonyl (C=O) groups excluding carboxylic acids is 1. The van der Waals surface area contributed by atoms with Crippen molar-refractivity contribution in [2.75, 3.05) is 11.6 Å².